The first-order valence-corrected chi connectivity index (χ1v) is 7.71. The summed E-state index contributed by atoms with van der Waals surface area (Å²) in [5, 5.41) is 0. The first-order chi connectivity index (χ1) is 10.2. The van der Waals surface area contributed by atoms with Crippen molar-refractivity contribution in [2.75, 3.05) is 26.2 Å². The maximum Gasteiger partial charge on any atom is 0.0363 e. The molecule has 0 saturated carbocycles. The molecule has 0 radical (unpaired) electrons. The van der Waals surface area contributed by atoms with Crippen LogP contribution in [0.1, 0.15) is 18.1 Å². The van der Waals surface area contributed by atoms with Crippen molar-refractivity contribution in [1.82, 2.24) is 9.80 Å². The highest BCUT2D eigenvalue weighted by Gasteiger charge is 2.17. The molecule has 1 aromatic carbocycles. The summed E-state index contributed by atoms with van der Waals surface area (Å²) in [5.41, 5.74) is 4.00. The highest BCUT2D eigenvalue weighted by molar-refractivity contribution is 5.23. The summed E-state index contributed by atoms with van der Waals surface area (Å²) in [6.45, 7) is 13.4. The van der Waals surface area contributed by atoms with Gasteiger partial charge in [-0.15, -0.1) is 0 Å². The molecule has 2 heteroatoms. The molecule has 0 N–H and O–H groups in total. The second kappa shape index (κ2) is 7.84. The van der Waals surface area contributed by atoms with Crippen LogP contribution in [0.3, 0.4) is 0 Å². The van der Waals surface area contributed by atoms with Crippen molar-refractivity contribution in [3.05, 3.63) is 72.0 Å². The molecule has 21 heavy (non-hydrogen) atoms. The third kappa shape index (κ3) is 4.61. The zero-order chi connectivity index (χ0) is 15.1. The average Bonchev–Trinajstić information content (AvgIpc) is 2.50. The molecule has 0 aliphatic carbocycles. The first-order valence-electron chi connectivity index (χ1n) is 7.71. The van der Waals surface area contributed by atoms with E-state index in [1.807, 2.05) is 6.08 Å². The Balaban J connectivity index is 1.89. The van der Waals surface area contributed by atoms with Gasteiger partial charge < -0.3 is 4.90 Å². The molecule has 1 aromatic rings. The van der Waals surface area contributed by atoms with Gasteiger partial charge in [-0.05, 0) is 31.6 Å². The van der Waals surface area contributed by atoms with Crippen LogP contribution in [0.2, 0.25) is 0 Å². The highest BCUT2D eigenvalue weighted by atomic mass is 15.3. The number of rotatable bonds is 5. The predicted molar refractivity (Wildman–Crippen MR) is 91.1 cm³/mol. The van der Waals surface area contributed by atoms with Crippen LogP contribution in [0.4, 0.5) is 0 Å². The van der Waals surface area contributed by atoms with Crippen LogP contribution in [-0.2, 0) is 6.54 Å². The Morgan fingerprint density at radius 3 is 2.38 bits per heavy atom. The van der Waals surface area contributed by atoms with Crippen LogP contribution >= 0.6 is 0 Å². The summed E-state index contributed by atoms with van der Waals surface area (Å²) in [6.07, 6.45) is 8.22. The standard InChI is InChI=1S/C19H26N2/c1-4-6-19(7-5-2)21-14-12-20(13-15-21)16-18-10-8-17(3)9-11-18/h4-11H,1,12-16H2,2-3H3/b7-5-,19-6+. The molecule has 0 amide bonds. The van der Waals surface area contributed by atoms with Gasteiger partial charge in [0.05, 0.1) is 0 Å². The summed E-state index contributed by atoms with van der Waals surface area (Å²) < 4.78 is 0. The lowest BCUT2D eigenvalue weighted by Crippen LogP contribution is -2.45. The van der Waals surface area contributed by atoms with Gasteiger partial charge in [-0.1, -0.05) is 48.6 Å². The van der Waals surface area contributed by atoms with Crippen molar-refractivity contribution < 1.29 is 0 Å². The summed E-state index contributed by atoms with van der Waals surface area (Å²) in [7, 11) is 0. The number of allylic oxidation sites excluding steroid dienone is 4. The van der Waals surface area contributed by atoms with Gasteiger partial charge in [0.15, 0.2) is 0 Å². The van der Waals surface area contributed by atoms with E-state index in [2.05, 4.69) is 72.7 Å². The van der Waals surface area contributed by atoms with Crippen molar-refractivity contribution >= 4 is 0 Å². The number of hydrogen-bond acceptors (Lipinski definition) is 2. The van der Waals surface area contributed by atoms with Crippen LogP contribution in [-0.4, -0.2) is 36.0 Å². The lowest BCUT2D eigenvalue weighted by Gasteiger charge is -2.36. The fraction of sp³-hybridized carbons (Fsp3) is 0.368. The highest BCUT2D eigenvalue weighted by Crippen LogP contribution is 2.14. The Hall–Kier alpha value is -1.80. The van der Waals surface area contributed by atoms with Crippen LogP contribution < -0.4 is 0 Å². The number of hydrogen-bond donors (Lipinski definition) is 0. The molecule has 0 atom stereocenters. The summed E-state index contributed by atoms with van der Waals surface area (Å²) >= 11 is 0. The predicted octanol–water partition coefficient (Wildman–Crippen LogP) is 3.76. The van der Waals surface area contributed by atoms with E-state index in [1.54, 1.807) is 0 Å². The number of piperazine rings is 1. The molecular formula is C19H26N2. The minimum Gasteiger partial charge on any atom is -0.369 e. The zero-order valence-corrected chi connectivity index (χ0v) is 13.3. The molecule has 2 rings (SSSR count). The number of nitrogens with zero attached hydrogens (tertiary/aromatic N) is 2. The minimum atomic E-state index is 1.05. The van der Waals surface area contributed by atoms with Gasteiger partial charge in [-0.3, -0.25) is 4.90 Å². The molecule has 0 unspecified atom stereocenters. The molecule has 112 valence electrons. The van der Waals surface area contributed by atoms with Crippen LogP contribution in [0.15, 0.2) is 60.8 Å². The molecule has 0 bridgehead atoms. The third-order valence-corrected chi connectivity index (χ3v) is 3.89. The molecule has 1 saturated heterocycles. The fourth-order valence-corrected chi connectivity index (χ4v) is 2.67. The maximum atomic E-state index is 3.81. The van der Waals surface area contributed by atoms with Gasteiger partial charge >= 0.3 is 0 Å². The van der Waals surface area contributed by atoms with Gasteiger partial charge in [0, 0.05) is 38.4 Å². The van der Waals surface area contributed by atoms with Gasteiger partial charge in [0.25, 0.3) is 0 Å². The monoisotopic (exact) mass is 282 g/mol. The van der Waals surface area contributed by atoms with Gasteiger partial charge in [0.2, 0.25) is 0 Å². The molecule has 2 nitrogen and oxygen atoms in total. The van der Waals surface area contributed by atoms with Crippen molar-refractivity contribution in [3.63, 3.8) is 0 Å². The van der Waals surface area contributed by atoms with E-state index >= 15 is 0 Å². The van der Waals surface area contributed by atoms with E-state index in [0.717, 1.165) is 32.7 Å². The average molecular weight is 282 g/mol. The molecule has 0 spiro atoms. The summed E-state index contributed by atoms with van der Waals surface area (Å²) in [4.78, 5) is 4.97. The second-order valence-electron chi connectivity index (χ2n) is 5.58. The van der Waals surface area contributed by atoms with E-state index < -0.39 is 0 Å². The van der Waals surface area contributed by atoms with E-state index in [9.17, 15) is 0 Å². The van der Waals surface area contributed by atoms with Crippen molar-refractivity contribution in [3.8, 4) is 0 Å². The molecule has 1 aliphatic rings. The lowest BCUT2D eigenvalue weighted by molar-refractivity contribution is 0.156. The lowest BCUT2D eigenvalue weighted by atomic mass is 10.1. The Morgan fingerprint density at radius 2 is 1.81 bits per heavy atom. The topological polar surface area (TPSA) is 6.48 Å². The SMILES string of the molecule is C=C/C=C(\C=C/C)N1CCN(Cc2ccc(C)cc2)CC1. The van der Waals surface area contributed by atoms with Gasteiger partial charge in [-0.25, -0.2) is 0 Å². The second-order valence-corrected chi connectivity index (χ2v) is 5.58. The van der Waals surface area contributed by atoms with E-state index in [4.69, 9.17) is 0 Å². The molecule has 1 fully saturated rings. The van der Waals surface area contributed by atoms with Crippen LogP contribution in [0.25, 0.3) is 0 Å². The van der Waals surface area contributed by atoms with Gasteiger partial charge in [0.1, 0.15) is 0 Å². The number of benzene rings is 1. The summed E-state index contributed by atoms with van der Waals surface area (Å²) in [6, 6.07) is 8.88. The minimum absolute atomic E-state index is 1.05. The molecule has 0 aromatic heterocycles. The zero-order valence-electron chi connectivity index (χ0n) is 13.3. The summed E-state index contributed by atoms with van der Waals surface area (Å²) in [5.74, 6) is 0. The van der Waals surface area contributed by atoms with E-state index in [1.165, 1.54) is 16.8 Å². The Bertz CT molecular complexity index is 503. The first kappa shape index (κ1) is 15.6. The molecule has 1 aliphatic heterocycles. The van der Waals surface area contributed by atoms with Crippen LogP contribution in [0, 0.1) is 6.92 Å². The van der Waals surface area contributed by atoms with Crippen LogP contribution in [0.5, 0.6) is 0 Å². The molecule has 1 heterocycles. The van der Waals surface area contributed by atoms with Crippen molar-refractivity contribution in [2.24, 2.45) is 0 Å². The Morgan fingerprint density at radius 1 is 1.14 bits per heavy atom. The Kier molecular flexibility index (Phi) is 5.82. The van der Waals surface area contributed by atoms with E-state index in [-0.39, 0.29) is 0 Å². The fourth-order valence-electron chi connectivity index (χ4n) is 2.67. The Labute approximate surface area is 129 Å². The maximum absolute atomic E-state index is 3.81. The quantitative estimate of drug-likeness (QED) is 0.759. The number of aryl methyl sites for hydroxylation is 1. The van der Waals surface area contributed by atoms with Crippen molar-refractivity contribution in [1.29, 1.82) is 0 Å². The smallest absolute Gasteiger partial charge is 0.0363 e. The largest absolute Gasteiger partial charge is 0.369 e. The normalized spacial score (nSPS) is 17.4. The van der Waals surface area contributed by atoms with Crippen molar-refractivity contribution in [2.45, 2.75) is 20.4 Å². The third-order valence-electron chi connectivity index (χ3n) is 3.89. The van der Waals surface area contributed by atoms with Gasteiger partial charge in [-0.2, -0.15) is 0 Å². The van der Waals surface area contributed by atoms with E-state index in [0.29, 0.717) is 0 Å². The molecular weight excluding hydrogens is 256 g/mol.